The van der Waals surface area contributed by atoms with Gasteiger partial charge in [-0.25, -0.2) is 8.78 Å². The highest BCUT2D eigenvalue weighted by molar-refractivity contribution is 5.24. The SMILES string of the molecule is CNCC1CCCN(C(C)C)C1c1ccc(F)cc1F. The summed E-state index contributed by atoms with van der Waals surface area (Å²) in [7, 11) is 1.92. The number of hydrogen-bond acceptors (Lipinski definition) is 2. The molecule has 1 saturated heterocycles. The largest absolute Gasteiger partial charge is 0.319 e. The smallest absolute Gasteiger partial charge is 0.130 e. The summed E-state index contributed by atoms with van der Waals surface area (Å²) in [6.45, 7) is 6.09. The predicted octanol–water partition coefficient (Wildman–Crippen LogP) is 3.35. The van der Waals surface area contributed by atoms with E-state index in [-0.39, 0.29) is 6.04 Å². The minimum absolute atomic E-state index is 0.0248. The monoisotopic (exact) mass is 282 g/mol. The lowest BCUT2D eigenvalue weighted by atomic mass is 9.83. The first-order valence-corrected chi connectivity index (χ1v) is 7.40. The molecule has 0 bridgehead atoms. The molecule has 0 saturated carbocycles. The molecule has 20 heavy (non-hydrogen) atoms. The van der Waals surface area contributed by atoms with Crippen molar-refractivity contribution in [3.63, 3.8) is 0 Å². The molecule has 2 unspecified atom stereocenters. The van der Waals surface area contributed by atoms with Crippen LogP contribution < -0.4 is 5.32 Å². The summed E-state index contributed by atoms with van der Waals surface area (Å²) in [5.74, 6) is -0.580. The van der Waals surface area contributed by atoms with Gasteiger partial charge in [-0.05, 0) is 58.8 Å². The number of likely N-dealkylation sites (tertiary alicyclic amines) is 1. The van der Waals surface area contributed by atoms with Gasteiger partial charge in [0, 0.05) is 23.7 Å². The van der Waals surface area contributed by atoms with Crippen molar-refractivity contribution >= 4 is 0 Å². The van der Waals surface area contributed by atoms with E-state index in [4.69, 9.17) is 0 Å². The summed E-state index contributed by atoms with van der Waals surface area (Å²) in [5, 5.41) is 3.20. The first-order chi connectivity index (χ1) is 9.54. The Labute approximate surface area is 120 Å². The lowest BCUT2D eigenvalue weighted by molar-refractivity contribution is 0.0612. The molecule has 2 nitrogen and oxygen atoms in total. The van der Waals surface area contributed by atoms with Crippen molar-refractivity contribution in [3.8, 4) is 0 Å². The molecule has 1 aromatic carbocycles. The van der Waals surface area contributed by atoms with Crippen LogP contribution in [0.25, 0.3) is 0 Å². The second-order valence-electron chi connectivity index (χ2n) is 5.90. The van der Waals surface area contributed by atoms with Gasteiger partial charge >= 0.3 is 0 Å². The third-order valence-electron chi connectivity index (χ3n) is 4.21. The molecule has 0 spiro atoms. The quantitative estimate of drug-likeness (QED) is 0.911. The van der Waals surface area contributed by atoms with Crippen molar-refractivity contribution in [2.75, 3.05) is 20.1 Å². The molecule has 2 rings (SSSR count). The average molecular weight is 282 g/mol. The van der Waals surface area contributed by atoms with E-state index in [1.165, 1.54) is 6.07 Å². The van der Waals surface area contributed by atoms with Gasteiger partial charge in [0.1, 0.15) is 11.6 Å². The third kappa shape index (κ3) is 3.18. The summed E-state index contributed by atoms with van der Waals surface area (Å²) in [6.07, 6.45) is 2.20. The van der Waals surface area contributed by atoms with Gasteiger partial charge in [-0.15, -0.1) is 0 Å². The van der Waals surface area contributed by atoms with Crippen molar-refractivity contribution in [1.29, 1.82) is 0 Å². The van der Waals surface area contributed by atoms with Crippen LogP contribution in [0.3, 0.4) is 0 Å². The summed E-state index contributed by atoms with van der Waals surface area (Å²) < 4.78 is 27.3. The topological polar surface area (TPSA) is 15.3 Å². The van der Waals surface area contributed by atoms with Crippen LogP contribution in [0, 0.1) is 17.6 Å². The van der Waals surface area contributed by atoms with Gasteiger partial charge in [-0.1, -0.05) is 6.07 Å². The molecule has 1 N–H and O–H groups in total. The van der Waals surface area contributed by atoms with Gasteiger partial charge in [-0.3, -0.25) is 4.90 Å². The third-order valence-corrected chi connectivity index (χ3v) is 4.21. The average Bonchev–Trinajstić information content (AvgIpc) is 2.39. The van der Waals surface area contributed by atoms with Gasteiger partial charge in [-0.2, -0.15) is 0 Å². The van der Waals surface area contributed by atoms with E-state index in [0.29, 0.717) is 17.5 Å². The van der Waals surface area contributed by atoms with Crippen molar-refractivity contribution in [3.05, 3.63) is 35.4 Å². The highest BCUT2D eigenvalue weighted by Crippen LogP contribution is 2.38. The fourth-order valence-electron chi connectivity index (χ4n) is 3.33. The number of nitrogens with zero attached hydrogens (tertiary/aromatic N) is 1. The molecule has 112 valence electrons. The fraction of sp³-hybridized carbons (Fsp3) is 0.625. The second-order valence-corrected chi connectivity index (χ2v) is 5.90. The van der Waals surface area contributed by atoms with Gasteiger partial charge in [0.2, 0.25) is 0 Å². The Hall–Kier alpha value is -1.00. The molecule has 4 heteroatoms. The van der Waals surface area contributed by atoms with E-state index in [2.05, 4.69) is 24.1 Å². The standard InChI is InChI=1S/C16H24F2N2/c1-11(2)20-8-4-5-12(10-19-3)16(20)14-7-6-13(17)9-15(14)18/h6-7,9,11-12,16,19H,4-5,8,10H2,1-3H3. The zero-order chi connectivity index (χ0) is 14.7. The minimum Gasteiger partial charge on any atom is -0.319 e. The molecular weight excluding hydrogens is 258 g/mol. The van der Waals surface area contributed by atoms with Crippen molar-refractivity contribution in [2.45, 2.75) is 38.8 Å². The van der Waals surface area contributed by atoms with Crippen LogP contribution >= 0.6 is 0 Å². The molecule has 0 aromatic heterocycles. The summed E-state index contributed by atoms with van der Waals surface area (Å²) in [6, 6.07) is 4.35. The Morgan fingerprint density at radius 3 is 2.70 bits per heavy atom. The molecule has 1 aromatic rings. The van der Waals surface area contributed by atoms with Crippen LogP contribution in [-0.4, -0.2) is 31.1 Å². The van der Waals surface area contributed by atoms with Gasteiger partial charge < -0.3 is 5.32 Å². The van der Waals surface area contributed by atoms with Crippen molar-refractivity contribution < 1.29 is 8.78 Å². The van der Waals surface area contributed by atoms with E-state index in [9.17, 15) is 8.78 Å². The van der Waals surface area contributed by atoms with Crippen LogP contribution in [-0.2, 0) is 0 Å². The Kier molecular flexibility index (Phi) is 5.11. The fourth-order valence-corrected chi connectivity index (χ4v) is 3.33. The lowest BCUT2D eigenvalue weighted by Crippen LogP contribution is -2.45. The van der Waals surface area contributed by atoms with E-state index >= 15 is 0 Å². The molecule has 0 amide bonds. The summed E-state index contributed by atoms with van der Waals surface area (Å²) >= 11 is 0. The zero-order valence-corrected chi connectivity index (χ0v) is 12.5. The molecule has 1 fully saturated rings. The highest BCUT2D eigenvalue weighted by atomic mass is 19.1. The van der Waals surface area contributed by atoms with E-state index < -0.39 is 11.6 Å². The van der Waals surface area contributed by atoms with Gasteiger partial charge in [0.05, 0.1) is 0 Å². The normalized spacial score (nSPS) is 24.3. The zero-order valence-electron chi connectivity index (χ0n) is 12.5. The predicted molar refractivity (Wildman–Crippen MR) is 77.6 cm³/mol. The number of halogens is 2. The van der Waals surface area contributed by atoms with Gasteiger partial charge in [0.15, 0.2) is 0 Å². The maximum atomic E-state index is 14.2. The maximum absolute atomic E-state index is 14.2. The molecule has 0 aliphatic carbocycles. The van der Waals surface area contributed by atoms with Crippen LogP contribution in [0.2, 0.25) is 0 Å². The Morgan fingerprint density at radius 2 is 2.10 bits per heavy atom. The molecule has 1 heterocycles. The molecule has 0 radical (unpaired) electrons. The van der Waals surface area contributed by atoms with E-state index in [1.807, 2.05) is 7.05 Å². The number of piperidine rings is 1. The Morgan fingerprint density at radius 1 is 1.35 bits per heavy atom. The first-order valence-electron chi connectivity index (χ1n) is 7.40. The highest BCUT2D eigenvalue weighted by Gasteiger charge is 2.35. The molecular formula is C16H24F2N2. The number of benzene rings is 1. The van der Waals surface area contributed by atoms with Crippen LogP contribution in [0.4, 0.5) is 8.78 Å². The van der Waals surface area contributed by atoms with Crippen LogP contribution in [0.1, 0.15) is 38.3 Å². The minimum atomic E-state index is -0.511. The Balaban J connectivity index is 2.37. The van der Waals surface area contributed by atoms with Crippen molar-refractivity contribution in [1.82, 2.24) is 10.2 Å². The number of nitrogens with one attached hydrogen (secondary N) is 1. The van der Waals surface area contributed by atoms with E-state index in [1.54, 1.807) is 6.07 Å². The second kappa shape index (κ2) is 6.64. The molecule has 1 aliphatic rings. The molecule has 1 aliphatic heterocycles. The molecule has 2 atom stereocenters. The Bertz CT molecular complexity index is 446. The number of rotatable bonds is 4. The van der Waals surface area contributed by atoms with Crippen LogP contribution in [0.15, 0.2) is 18.2 Å². The van der Waals surface area contributed by atoms with E-state index in [0.717, 1.165) is 32.0 Å². The van der Waals surface area contributed by atoms with Gasteiger partial charge in [0.25, 0.3) is 0 Å². The van der Waals surface area contributed by atoms with Crippen LogP contribution in [0.5, 0.6) is 0 Å². The maximum Gasteiger partial charge on any atom is 0.130 e. The first kappa shape index (κ1) is 15.4. The summed E-state index contributed by atoms with van der Waals surface area (Å²) in [4.78, 5) is 2.34. The lowest BCUT2D eigenvalue weighted by Gasteiger charge is -2.44. The summed E-state index contributed by atoms with van der Waals surface area (Å²) in [5.41, 5.74) is 0.625. The number of hydrogen-bond donors (Lipinski definition) is 1. The van der Waals surface area contributed by atoms with Crippen molar-refractivity contribution in [2.24, 2.45) is 5.92 Å².